The molecular weight excluding hydrogens is 468 g/mol. The molecule has 0 saturated heterocycles. The summed E-state index contributed by atoms with van der Waals surface area (Å²) < 4.78 is 0. The third-order valence-electron chi connectivity index (χ3n) is 15.2. The summed E-state index contributed by atoms with van der Waals surface area (Å²) in [5.74, 6) is 4.46. The number of fused-ring (bicyclic) bond motifs is 3. The molecule has 0 aromatic heterocycles. The molecule has 16 atom stereocenters. The van der Waals surface area contributed by atoms with Crippen molar-refractivity contribution in [1.82, 2.24) is 0 Å². The molecular formula is C35H64O3. The minimum Gasteiger partial charge on any atom is -0.393 e. The van der Waals surface area contributed by atoms with Gasteiger partial charge in [0.2, 0.25) is 0 Å². The van der Waals surface area contributed by atoms with Crippen LogP contribution in [0.5, 0.6) is 0 Å². The first kappa shape index (κ1) is 30.8. The fourth-order valence-corrected chi connectivity index (χ4v) is 12.8. The van der Waals surface area contributed by atoms with E-state index in [0.717, 1.165) is 18.3 Å². The molecule has 38 heavy (non-hydrogen) atoms. The summed E-state index contributed by atoms with van der Waals surface area (Å²) in [6.07, 6.45) is 7.38. The predicted octanol–water partition coefficient (Wildman–Crippen LogP) is 7.81. The van der Waals surface area contributed by atoms with Crippen molar-refractivity contribution in [1.29, 1.82) is 0 Å². The molecule has 0 spiro atoms. The van der Waals surface area contributed by atoms with Crippen molar-refractivity contribution in [2.75, 3.05) is 0 Å². The van der Waals surface area contributed by atoms with E-state index >= 15 is 0 Å². The number of hydrogen-bond acceptors (Lipinski definition) is 3. The Morgan fingerprint density at radius 3 is 1.97 bits per heavy atom. The van der Waals surface area contributed by atoms with Gasteiger partial charge in [0, 0.05) is 11.3 Å². The number of hydrogen-bond donors (Lipinski definition) is 3. The highest BCUT2D eigenvalue weighted by Crippen LogP contribution is 2.76. The van der Waals surface area contributed by atoms with Gasteiger partial charge in [-0.25, -0.2) is 0 Å². The van der Waals surface area contributed by atoms with Crippen LogP contribution in [0.4, 0.5) is 0 Å². The van der Waals surface area contributed by atoms with E-state index in [1.807, 2.05) is 6.92 Å². The molecule has 0 aromatic rings. The fraction of sp³-hybridized carbons (Fsp3) is 1.00. The number of aliphatic hydroxyl groups excluding tert-OH is 3. The lowest BCUT2D eigenvalue weighted by molar-refractivity contribution is -0.315. The Bertz CT molecular complexity index is 820. The summed E-state index contributed by atoms with van der Waals surface area (Å²) in [5, 5.41) is 35.5. The topological polar surface area (TPSA) is 60.7 Å². The van der Waals surface area contributed by atoms with E-state index in [-0.39, 0.29) is 46.0 Å². The van der Waals surface area contributed by atoms with E-state index in [4.69, 9.17) is 0 Å². The Morgan fingerprint density at radius 1 is 0.868 bits per heavy atom. The maximum Gasteiger partial charge on any atom is 0.0657 e. The van der Waals surface area contributed by atoms with Gasteiger partial charge >= 0.3 is 0 Å². The van der Waals surface area contributed by atoms with Crippen LogP contribution in [-0.2, 0) is 0 Å². The van der Waals surface area contributed by atoms with E-state index in [9.17, 15) is 15.3 Å². The Kier molecular flexibility index (Phi) is 8.61. The smallest absolute Gasteiger partial charge is 0.0657 e. The average molecular weight is 533 g/mol. The molecule has 3 nitrogen and oxygen atoms in total. The second-order valence-corrected chi connectivity index (χ2v) is 16.0. The zero-order valence-corrected chi connectivity index (χ0v) is 26.9. The van der Waals surface area contributed by atoms with Crippen molar-refractivity contribution in [3.05, 3.63) is 0 Å². The summed E-state index contributed by atoms with van der Waals surface area (Å²) in [6, 6.07) is 0. The first-order valence-electron chi connectivity index (χ1n) is 16.7. The van der Waals surface area contributed by atoms with Gasteiger partial charge in [0.05, 0.1) is 18.3 Å². The summed E-state index contributed by atoms with van der Waals surface area (Å²) >= 11 is 0. The SMILES string of the molecule is CCCC(CCC)C1CCC2C(C1C)C(O)C1C(C)C3(C)C(O)C(C(C)O)C(C)CC3(C)C(C)C1(C)C2C. The van der Waals surface area contributed by atoms with Crippen molar-refractivity contribution in [2.45, 2.75) is 139 Å². The highest BCUT2D eigenvalue weighted by atomic mass is 16.3. The average Bonchev–Trinajstić information content (AvgIpc) is 2.84. The van der Waals surface area contributed by atoms with E-state index in [1.165, 1.54) is 38.5 Å². The first-order valence-corrected chi connectivity index (χ1v) is 16.7. The molecule has 0 heterocycles. The Labute approximate surface area is 236 Å². The highest BCUT2D eigenvalue weighted by molar-refractivity contribution is 5.21. The standard InChI is InChI=1S/C35H64O3/c1-12-14-25(15-13-2)26-16-17-27-21(5)34(10)24(8)33(9)18-19(3)28(23(7)36)32(38)35(33,11)22(6)30(34)31(37)29(27)20(26)4/h19-32,36-38H,12-18H2,1-11H3. The lowest BCUT2D eigenvalue weighted by atomic mass is 9.30. The molecule has 4 fully saturated rings. The largest absolute Gasteiger partial charge is 0.393 e. The van der Waals surface area contributed by atoms with E-state index < -0.39 is 12.2 Å². The zero-order valence-electron chi connectivity index (χ0n) is 26.9. The van der Waals surface area contributed by atoms with Gasteiger partial charge in [0.1, 0.15) is 0 Å². The molecule has 4 aliphatic carbocycles. The molecule has 0 radical (unpaired) electrons. The predicted molar refractivity (Wildman–Crippen MR) is 158 cm³/mol. The minimum atomic E-state index is -0.562. The van der Waals surface area contributed by atoms with E-state index in [0.29, 0.717) is 29.6 Å². The van der Waals surface area contributed by atoms with Gasteiger partial charge < -0.3 is 15.3 Å². The highest BCUT2D eigenvalue weighted by Gasteiger charge is 2.74. The lowest BCUT2D eigenvalue weighted by Crippen LogP contribution is -2.74. The zero-order chi connectivity index (χ0) is 28.5. The second-order valence-electron chi connectivity index (χ2n) is 16.0. The van der Waals surface area contributed by atoms with E-state index in [2.05, 4.69) is 69.2 Å². The minimum absolute atomic E-state index is 0.0319. The fourth-order valence-electron chi connectivity index (χ4n) is 12.8. The van der Waals surface area contributed by atoms with Crippen LogP contribution in [0.1, 0.15) is 121 Å². The molecule has 0 aliphatic heterocycles. The Morgan fingerprint density at radius 2 is 1.45 bits per heavy atom. The van der Waals surface area contributed by atoms with Gasteiger partial charge in [-0.3, -0.25) is 0 Å². The van der Waals surface area contributed by atoms with Crippen molar-refractivity contribution in [3.8, 4) is 0 Å². The van der Waals surface area contributed by atoms with Gasteiger partial charge in [-0.15, -0.1) is 0 Å². The third-order valence-corrected chi connectivity index (χ3v) is 15.2. The molecule has 4 rings (SSSR count). The summed E-state index contributed by atoms with van der Waals surface area (Å²) in [7, 11) is 0. The van der Waals surface area contributed by atoms with Crippen molar-refractivity contribution in [2.24, 2.45) is 81.3 Å². The summed E-state index contributed by atoms with van der Waals surface area (Å²) in [6.45, 7) is 26.0. The van der Waals surface area contributed by atoms with Gasteiger partial charge in [-0.05, 0) is 96.2 Å². The van der Waals surface area contributed by atoms with Crippen LogP contribution in [0.2, 0.25) is 0 Å². The van der Waals surface area contributed by atoms with E-state index in [1.54, 1.807) is 0 Å². The second kappa shape index (κ2) is 10.6. The van der Waals surface area contributed by atoms with Crippen LogP contribution < -0.4 is 0 Å². The molecule has 16 unspecified atom stereocenters. The number of rotatable bonds is 6. The van der Waals surface area contributed by atoms with Crippen molar-refractivity contribution in [3.63, 3.8) is 0 Å². The summed E-state index contributed by atoms with van der Waals surface area (Å²) in [4.78, 5) is 0. The molecule has 3 heteroatoms. The van der Waals surface area contributed by atoms with Crippen LogP contribution in [0, 0.1) is 81.3 Å². The quantitative estimate of drug-likeness (QED) is 0.327. The van der Waals surface area contributed by atoms with Crippen molar-refractivity contribution >= 4 is 0 Å². The molecule has 0 amide bonds. The molecule has 0 aromatic carbocycles. The maximum atomic E-state index is 12.6. The third kappa shape index (κ3) is 3.97. The van der Waals surface area contributed by atoms with Crippen molar-refractivity contribution < 1.29 is 15.3 Å². The first-order chi connectivity index (χ1) is 17.7. The molecule has 3 N–H and O–H groups in total. The molecule has 4 aliphatic rings. The van der Waals surface area contributed by atoms with Crippen LogP contribution in [0.3, 0.4) is 0 Å². The number of aliphatic hydroxyl groups is 3. The molecule has 4 saturated carbocycles. The van der Waals surface area contributed by atoms with Gasteiger partial charge in [-0.1, -0.05) is 94.9 Å². The molecule has 222 valence electrons. The summed E-state index contributed by atoms with van der Waals surface area (Å²) in [5.41, 5.74) is -0.356. The monoisotopic (exact) mass is 532 g/mol. The van der Waals surface area contributed by atoms with Gasteiger partial charge in [0.25, 0.3) is 0 Å². The van der Waals surface area contributed by atoms with Crippen LogP contribution in [0.25, 0.3) is 0 Å². The van der Waals surface area contributed by atoms with Gasteiger partial charge in [0.15, 0.2) is 0 Å². The normalized spacial score (nSPS) is 55.7. The van der Waals surface area contributed by atoms with Crippen LogP contribution in [0.15, 0.2) is 0 Å². The van der Waals surface area contributed by atoms with Crippen LogP contribution >= 0.6 is 0 Å². The Balaban J connectivity index is 1.78. The maximum absolute atomic E-state index is 12.6. The lowest BCUT2D eigenvalue weighted by Gasteiger charge is -2.75. The molecule has 0 bridgehead atoms. The Hall–Kier alpha value is -0.120. The van der Waals surface area contributed by atoms with Gasteiger partial charge in [-0.2, -0.15) is 0 Å². The van der Waals surface area contributed by atoms with Crippen LogP contribution in [-0.4, -0.2) is 33.6 Å².